The largest absolute Gasteiger partial charge is 0.493 e. The van der Waals surface area contributed by atoms with Crippen LogP contribution in [0.25, 0.3) is 0 Å². The maximum Gasteiger partial charge on any atom is 0.191 e. The third-order valence-electron chi connectivity index (χ3n) is 4.20. The number of hydrogen-bond donors (Lipinski definition) is 0. The van der Waals surface area contributed by atoms with Crippen LogP contribution in [0.2, 0.25) is 0 Å². The minimum atomic E-state index is 0.393. The third-order valence-corrected chi connectivity index (χ3v) is 5.13. The highest BCUT2D eigenvalue weighted by Crippen LogP contribution is 2.26. The Labute approximate surface area is 169 Å². The van der Waals surface area contributed by atoms with E-state index < -0.39 is 0 Å². The Morgan fingerprint density at radius 1 is 0.929 bits per heavy atom. The second-order valence-corrected chi connectivity index (χ2v) is 7.11. The first kappa shape index (κ1) is 20.1. The van der Waals surface area contributed by atoms with Gasteiger partial charge in [-0.1, -0.05) is 42.1 Å². The average Bonchev–Trinajstić information content (AvgIpc) is 3.12. The van der Waals surface area contributed by atoms with Crippen LogP contribution in [-0.2, 0) is 13.2 Å². The lowest BCUT2D eigenvalue weighted by molar-refractivity contribution is 0.286. The Kier molecular flexibility index (Phi) is 7.19. The monoisotopic (exact) mass is 399 g/mol. The highest BCUT2D eigenvalue weighted by atomic mass is 32.2. The summed E-state index contributed by atoms with van der Waals surface area (Å²) in [5, 5.41) is 9.49. The number of para-hydroxylation sites is 3. The molecule has 1 heterocycles. The van der Waals surface area contributed by atoms with Crippen LogP contribution >= 0.6 is 11.8 Å². The molecule has 0 aliphatic heterocycles. The molecule has 2 aromatic carbocycles. The molecule has 0 spiro atoms. The number of thioether (sulfide) groups is 1. The fraction of sp³-hybridized carbons (Fsp3) is 0.333. The van der Waals surface area contributed by atoms with Crippen molar-refractivity contribution in [2.75, 3.05) is 19.5 Å². The molecule has 0 saturated heterocycles. The van der Waals surface area contributed by atoms with Gasteiger partial charge in [0, 0.05) is 12.3 Å². The summed E-state index contributed by atoms with van der Waals surface area (Å²) < 4.78 is 19.1. The van der Waals surface area contributed by atoms with E-state index in [1.807, 2.05) is 55.5 Å². The number of benzene rings is 2. The number of nitrogens with zero attached hydrogens (tertiary/aromatic N) is 3. The normalized spacial score (nSPS) is 10.7. The van der Waals surface area contributed by atoms with Crippen LogP contribution in [0.5, 0.6) is 17.2 Å². The smallest absolute Gasteiger partial charge is 0.191 e. The predicted molar refractivity (Wildman–Crippen MR) is 110 cm³/mol. The van der Waals surface area contributed by atoms with Gasteiger partial charge in [0.25, 0.3) is 0 Å². The van der Waals surface area contributed by atoms with Crippen molar-refractivity contribution in [1.82, 2.24) is 14.8 Å². The van der Waals surface area contributed by atoms with Crippen molar-refractivity contribution in [1.29, 1.82) is 0 Å². The Hall–Kier alpha value is -2.67. The van der Waals surface area contributed by atoms with E-state index in [0.29, 0.717) is 13.2 Å². The fourth-order valence-electron chi connectivity index (χ4n) is 2.73. The summed E-state index contributed by atoms with van der Waals surface area (Å²) in [6, 6.07) is 15.6. The standard InChI is InChI=1S/C21H25N3O3S/c1-4-24-20(15-27-17-10-6-5-9-16(17)2)22-23-21(24)28-14-13-26-19-12-8-7-11-18(19)25-3/h5-12H,4,13-15H2,1-3H3. The molecule has 0 aliphatic rings. The van der Waals surface area contributed by atoms with Crippen molar-refractivity contribution in [2.45, 2.75) is 32.2 Å². The van der Waals surface area contributed by atoms with Crippen LogP contribution in [0.1, 0.15) is 18.3 Å². The van der Waals surface area contributed by atoms with Crippen molar-refractivity contribution in [3.05, 3.63) is 59.9 Å². The number of aromatic nitrogens is 3. The molecule has 0 radical (unpaired) electrons. The van der Waals surface area contributed by atoms with E-state index in [9.17, 15) is 0 Å². The van der Waals surface area contributed by atoms with Crippen molar-refractivity contribution in [3.8, 4) is 17.2 Å². The van der Waals surface area contributed by atoms with Gasteiger partial charge in [-0.3, -0.25) is 0 Å². The lowest BCUT2D eigenvalue weighted by Gasteiger charge is -2.11. The molecule has 0 fully saturated rings. The van der Waals surface area contributed by atoms with Crippen LogP contribution in [0.3, 0.4) is 0 Å². The van der Waals surface area contributed by atoms with Crippen molar-refractivity contribution in [2.24, 2.45) is 0 Å². The van der Waals surface area contributed by atoms with E-state index in [-0.39, 0.29) is 0 Å². The third kappa shape index (κ3) is 4.98. The second-order valence-electron chi connectivity index (χ2n) is 6.05. The quantitative estimate of drug-likeness (QED) is 0.373. The highest BCUT2D eigenvalue weighted by Gasteiger charge is 2.12. The lowest BCUT2D eigenvalue weighted by Crippen LogP contribution is -2.08. The lowest BCUT2D eigenvalue weighted by atomic mass is 10.2. The first-order chi connectivity index (χ1) is 13.7. The van der Waals surface area contributed by atoms with Gasteiger partial charge in [0.05, 0.1) is 13.7 Å². The zero-order valence-electron chi connectivity index (χ0n) is 16.4. The molecule has 0 N–H and O–H groups in total. The van der Waals surface area contributed by atoms with Gasteiger partial charge in [-0.25, -0.2) is 0 Å². The molecule has 1 aromatic heterocycles. The maximum atomic E-state index is 5.92. The molecular formula is C21H25N3O3S. The molecule has 0 bridgehead atoms. The average molecular weight is 400 g/mol. The van der Waals surface area contributed by atoms with Gasteiger partial charge in [0.15, 0.2) is 22.5 Å². The Morgan fingerprint density at radius 3 is 2.36 bits per heavy atom. The number of hydrogen-bond acceptors (Lipinski definition) is 6. The molecule has 6 nitrogen and oxygen atoms in total. The first-order valence-electron chi connectivity index (χ1n) is 9.22. The molecular weight excluding hydrogens is 374 g/mol. The Morgan fingerprint density at radius 2 is 1.64 bits per heavy atom. The number of ether oxygens (including phenoxy) is 3. The van der Waals surface area contributed by atoms with E-state index in [1.54, 1.807) is 18.9 Å². The van der Waals surface area contributed by atoms with Crippen LogP contribution in [0.15, 0.2) is 53.7 Å². The van der Waals surface area contributed by atoms with Crippen LogP contribution in [0.4, 0.5) is 0 Å². The van der Waals surface area contributed by atoms with E-state index in [4.69, 9.17) is 14.2 Å². The Bertz CT molecular complexity index is 898. The van der Waals surface area contributed by atoms with E-state index in [2.05, 4.69) is 21.7 Å². The summed E-state index contributed by atoms with van der Waals surface area (Å²) in [6.07, 6.45) is 0. The molecule has 3 aromatic rings. The number of aryl methyl sites for hydroxylation is 1. The molecule has 148 valence electrons. The van der Waals surface area contributed by atoms with Gasteiger partial charge in [0.2, 0.25) is 0 Å². The molecule has 28 heavy (non-hydrogen) atoms. The van der Waals surface area contributed by atoms with E-state index in [1.165, 1.54) is 0 Å². The number of methoxy groups -OCH3 is 1. The van der Waals surface area contributed by atoms with Crippen molar-refractivity contribution < 1.29 is 14.2 Å². The zero-order valence-corrected chi connectivity index (χ0v) is 17.2. The summed E-state index contributed by atoms with van der Waals surface area (Å²) in [6.45, 7) is 5.84. The summed E-state index contributed by atoms with van der Waals surface area (Å²) in [5.41, 5.74) is 1.10. The number of rotatable bonds is 10. The summed E-state index contributed by atoms with van der Waals surface area (Å²) in [5.74, 6) is 3.93. The minimum absolute atomic E-state index is 0.393. The summed E-state index contributed by atoms with van der Waals surface area (Å²) in [7, 11) is 1.64. The van der Waals surface area contributed by atoms with Crippen LogP contribution in [-0.4, -0.2) is 34.2 Å². The Balaban J connectivity index is 1.54. The molecule has 0 amide bonds. The fourth-order valence-corrected chi connectivity index (χ4v) is 3.57. The molecule has 3 rings (SSSR count). The van der Waals surface area contributed by atoms with Gasteiger partial charge in [-0.2, -0.15) is 0 Å². The van der Waals surface area contributed by atoms with Gasteiger partial charge < -0.3 is 18.8 Å². The topological polar surface area (TPSA) is 58.4 Å². The molecule has 0 atom stereocenters. The highest BCUT2D eigenvalue weighted by molar-refractivity contribution is 7.99. The van der Waals surface area contributed by atoms with Gasteiger partial charge in [-0.05, 0) is 37.6 Å². The SMILES string of the molecule is CCn1c(COc2ccccc2C)nnc1SCCOc1ccccc1OC. The molecule has 0 saturated carbocycles. The zero-order chi connectivity index (χ0) is 19.8. The maximum absolute atomic E-state index is 5.92. The van der Waals surface area contributed by atoms with Crippen LogP contribution in [0, 0.1) is 6.92 Å². The summed E-state index contributed by atoms with van der Waals surface area (Å²) in [4.78, 5) is 0. The van der Waals surface area contributed by atoms with E-state index in [0.717, 1.165) is 46.1 Å². The molecule has 0 aliphatic carbocycles. The molecule has 7 heteroatoms. The van der Waals surface area contributed by atoms with Gasteiger partial charge in [0.1, 0.15) is 12.4 Å². The molecule has 0 unspecified atom stereocenters. The van der Waals surface area contributed by atoms with Gasteiger partial charge in [-0.15, -0.1) is 10.2 Å². The second kappa shape index (κ2) is 10.0. The minimum Gasteiger partial charge on any atom is -0.493 e. The van der Waals surface area contributed by atoms with Gasteiger partial charge >= 0.3 is 0 Å². The van der Waals surface area contributed by atoms with E-state index >= 15 is 0 Å². The van der Waals surface area contributed by atoms with Crippen molar-refractivity contribution >= 4 is 11.8 Å². The van der Waals surface area contributed by atoms with Crippen molar-refractivity contribution in [3.63, 3.8) is 0 Å². The predicted octanol–water partition coefficient (Wildman–Crippen LogP) is 4.37. The summed E-state index contributed by atoms with van der Waals surface area (Å²) >= 11 is 1.62. The van der Waals surface area contributed by atoms with Crippen LogP contribution < -0.4 is 14.2 Å². The first-order valence-corrected chi connectivity index (χ1v) is 10.2.